The van der Waals surface area contributed by atoms with E-state index in [0.717, 1.165) is 42.4 Å². The molecule has 1 saturated heterocycles. The van der Waals surface area contributed by atoms with Gasteiger partial charge in [-0.3, -0.25) is 9.59 Å². The number of aromatic amines is 1. The number of likely N-dealkylation sites (tertiary alicyclic amines) is 1. The number of aromatic nitrogens is 1. The summed E-state index contributed by atoms with van der Waals surface area (Å²) in [4.78, 5) is 28.8. The van der Waals surface area contributed by atoms with Gasteiger partial charge >= 0.3 is 5.97 Å². The monoisotopic (exact) mass is 300 g/mol. The third-order valence-electron chi connectivity index (χ3n) is 4.08. The summed E-state index contributed by atoms with van der Waals surface area (Å²) in [6, 6.07) is 7.81. The van der Waals surface area contributed by atoms with Crippen LogP contribution in [-0.4, -0.2) is 41.5 Å². The number of carbonyl (C=O) groups excluding carboxylic acids is 2. The molecule has 5 heteroatoms. The van der Waals surface area contributed by atoms with Crippen LogP contribution in [0.15, 0.2) is 30.5 Å². The zero-order chi connectivity index (χ0) is 15.4. The van der Waals surface area contributed by atoms with Crippen LogP contribution in [0, 0.1) is 0 Å². The van der Waals surface area contributed by atoms with Gasteiger partial charge in [-0.25, -0.2) is 0 Å². The third kappa shape index (κ3) is 3.30. The number of hydrogen-bond donors (Lipinski definition) is 1. The first kappa shape index (κ1) is 14.6. The van der Waals surface area contributed by atoms with Crippen molar-refractivity contribution < 1.29 is 14.3 Å². The number of ether oxygens (including phenoxy) is 1. The van der Waals surface area contributed by atoms with Crippen LogP contribution in [0.25, 0.3) is 10.9 Å². The molecule has 1 aliphatic heterocycles. The van der Waals surface area contributed by atoms with Gasteiger partial charge in [0.1, 0.15) is 0 Å². The van der Waals surface area contributed by atoms with Crippen LogP contribution in [0.4, 0.5) is 0 Å². The maximum Gasteiger partial charge on any atom is 0.310 e. The summed E-state index contributed by atoms with van der Waals surface area (Å²) in [5.74, 6) is -0.456. The van der Waals surface area contributed by atoms with Crippen LogP contribution in [0.3, 0.4) is 0 Å². The number of hydrogen-bond acceptors (Lipinski definition) is 3. The summed E-state index contributed by atoms with van der Waals surface area (Å²) < 4.78 is 5.14. The summed E-state index contributed by atoms with van der Waals surface area (Å²) >= 11 is 0. The van der Waals surface area contributed by atoms with Gasteiger partial charge in [-0.2, -0.15) is 0 Å². The molecule has 22 heavy (non-hydrogen) atoms. The zero-order valence-electron chi connectivity index (χ0n) is 12.5. The Morgan fingerprint density at radius 3 is 2.73 bits per heavy atom. The Morgan fingerprint density at radius 2 is 1.91 bits per heavy atom. The second-order valence-electron chi connectivity index (χ2n) is 5.64. The molecule has 3 rings (SSSR count). The van der Waals surface area contributed by atoms with Crippen molar-refractivity contribution in [2.45, 2.75) is 25.7 Å². The van der Waals surface area contributed by atoms with E-state index in [1.807, 2.05) is 30.5 Å². The molecule has 1 aromatic heterocycles. The van der Waals surface area contributed by atoms with E-state index in [9.17, 15) is 9.59 Å². The number of rotatable bonds is 4. The maximum atomic E-state index is 12.0. The topological polar surface area (TPSA) is 62.4 Å². The van der Waals surface area contributed by atoms with Crippen molar-refractivity contribution in [2.24, 2.45) is 0 Å². The summed E-state index contributed by atoms with van der Waals surface area (Å²) in [6.07, 6.45) is 5.24. The second kappa shape index (κ2) is 6.64. The number of piperidine rings is 1. The lowest BCUT2D eigenvalue weighted by Crippen LogP contribution is -2.38. The quantitative estimate of drug-likeness (QED) is 0.881. The Morgan fingerprint density at radius 1 is 1.14 bits per heavy atom. The van der Waals surface area contributed by atoms with E-state index in [4.69, 9.17) is 4.74 Å². The van der Waals surface area contributed by atoms with Crippen molar-refractivity contribution in [1.29, 1.82) is 0 Å². The predicted octanol–water partition coefficient (Wildman–Crippen LogP) is 2.27. The molecule has 1 fully saturated rings. The third-order valence-corrected chi connectivity index (χ3v) is 4.08. The van der Waals surface area contributed by atoms with Crippen molar-refractivity contribution >= 4 is 22.8 Å². The number of nitrogens with one attached hydrogen (secondary N) is 1. The van der Waals surface area contributed by atoms with E-state index in [0.29, 0.717) is 0 Å². The average Bonchev–Trinajstić information content (AvgIpc) is 2.97. The number of esters is 1. The number of fused-ring (bicyclic) bond motifs is 1. The van der Waals surface area contributed by atoms with Gasteiger partial charge in [0.2, 0.25) is 0 Å². The Bertz CT molecular complexity index is 671. The molecule has 0 spiro atoms. The van der Waals surface area contributed by atoms with Crippen LogP contribution < -0.4 is 0 Å². The fraction of sp³-hybridized carbons (Fsp3) is 0.412. The van der Waals surface area contributed by atoms with Gasteiger partial charge in [-0.05, 0) is 30.9 Å². The molecule has 5 nitrogen and oxygen atoms in total. The van der Waals surface area contributed by atoms with E-state index in [1.165, 1.54) is 6.42 Å². The highest BCUT2D eigenvalue weighted by Gasteiger charge is 2.18. The Labute approximate surface area is 129 Å². The minimum absolute atomic E-state index is 0.0908. The van der Waals surface area contributed by atoms with E-state index >= 15 is 0 Å². The van der Waals surface area contributed by atoms with Crippen LogP contribution in [0.2, 0.25) is 0 Å². The molecule has 1 aliphatic rings. The summed E-state index contributed by atoms with van der Waals surface area (Å²) in [7, 11) is 0. The molecule has 0 atom stereocenters. The Hall–Kier alpha value is -2.30. The fourth-order valence-corrected chi connectivity index (χ4v) is 2.86. The molecule has 2 heterocycles. The lowest BCUT2D eigenvalue weighted by molar-refractivity contribution is -0.151. The second-order valence-corrected chi connectivity index (χ2v) is 5.64. The highest BCUT2D eigenvalue weighted by molar-refractivity contribution is 5.88. The smallest absolute Gasteiger partial charge is 0.310 e. The zero-order valence-corrected chi connectivity index (χ0v) is 12.5. The molecule has 0 bridgehead atoms. The lowest BCUT2D eigenvalue weighted by Gasteiger charge is -2.26. The number of nitrogens with zero attached hydrogens (tertiary/aromatic N) is 1. The van der Waals surface area contributed by atoms with Gasteiger partial charge in [0.25, 0.3) is 5.91 Å². The van der Waals surface area contributed by atoms with Gasteiger partial charge in [-0.1, -0.05) is 18.2 Å². The van der Waals surface area contributed by atoms with Crippen LogP contribution in [-0.2, 0) is 20.7 Å². The molecule has 1 aromatic carbocycles. The molecule has 2 aromatic rings. The fourth-order valence-electron chi connectivity index (χ4n) is 2.86. The van der Waals surface area contributed by atoms with E-state index in [1.54, 1.807) is 4.90 Å². The van der Waals surface area contributed by atoms with Crippen molar-refractivity contribution in [2.75, 3.05) is 19.7 Å². The number of carbonyl (C=O) groups is 2. The first-order valence-electron chi connectivity index (χ1n) is 7.72. The minimum Gasteiger partial charge on any atom is -0.455 e. The van der Waals surface area contributed by atoms with Crippen LogP contribution >= 0.6 is 0 Å². The largest absolute Gasteiger partial charge is 0.455 e. The molecule has 0 aliphatic carbocycles. The average molecular weight is 300 g/mol. The SMILES string of the molecule is O=C(Cc1c[nH]c2ccccc12)OCC(=O)N1CCCCC1. The van der Waals surface area contributed by atoms with E-state index in [-0.39, 0.29) is 24.9 Å². The molecule has 1 amide bonds. The van der Waals surface area contributed by atoms with E-state index < -0.39 is 0 Å². The van der Waals surface area contributed by atoms with Crippen LogP contribution in [0.5, 0.6) is 0 Å². The normalized spacial score (nSPS) is 15.0. The molecular formula is C17H20N2O3. The van der Waals surface area contributed by atoms with Gasteiger partial charge in [0.15, 0.2) is 6.61 Å². The Kier molecular flexibility index (Phi) is 4.42. The first-order chi connectivity index (χ1) is 10.7. The van der Waals surface area contributed by atoms with Crippen molar-refractivity contribution in [3.05, 3.63) is 36.0 Å². The van der Waals surface area contributed by atoms with Gasteiger partial charge < -0.3 is 14.6 Å². The van der Waals surface area contributed by atoms with Gasteiger partial charge in [0.05, 0.1) is 6.42 Å². The number of amides is 1. The first-order valence-corrected chi connectivity index (χ1v) is 7.72. The van der Waals surface area contributed by atoms with E-state index in [2.05, 4.69) is 4.98 Å². The molecular weight excluding hydrogens is 280 g/mol. The summed E-state index contributed by atoms with van der Waals surface area (Å²) in [6.45, 7) is 1.40. The highest BCUT2D eigenvalue weighted by atomic mass is 16.5. The number of para-hydroxylation sites is 1. The standard InChI is InChI=1S/C17H20N2O3/c20-16(19-8-4-1-5-9-19)12-22-17(21)10-13-11-18-15-7-3-2-6-14(13)15/h2-3,6-7,11,18H,1,4-5,8-10,12H2. The number of H-pyrrole nitrogens is 1. The summed E-state index contributed by atoms with van der Waals surface area (Å²) in [5.41, 5.74) is 1.89. The molecule has 1 N–H and O–H groups in total. The summed E-state index contributed by atoms with van der Waals surface area (Å²) in [5, 5.41) is 1.02. The van der Waals surface area contributed by atoms with Gasteiger partial charge in [0, 0.05) is 30.2 Å². The Balaban J connectivity index is 1.53. The van der Waals surface area contributed by atoms with Crippen LogP contribution in [0.1, 0.15) is 24.8 Å². The molecule has 0 radical (unpaired) electrons. The highest BCUT2D eigenvalue weighted by Crippen LogP contribution is 2.18. The molecule has 116 valence electrons. The minimum atomic E-state index is -0.366. The van der Waals surface area contributed by atoms with Gasteiger partial charge in [-0.15, -0.1) is 0 Å². The van der Waals surface area contributed by atoms with Crippen molar-refractivity contribution in [3.63, 3.8) is 0 Å². The maximum absolute atomic E-state index is 12.0. The molecule has 0 saturated carbocycles. The number of benzene rings is 1. The lowest BCUT2D eigenvalue weighted by atomic mass is 10.1. The molecule has 0 unspecified atom stereocenters. The van der Waals surface area contributed by atoms with Crippen molar-refractivity contribution in [3.8, 4) is 0 Å². The van der Waals surface area contributed by atoms with Crippen molar-refractivity contribution in [1.82, 2.24) is 9.88 Å². The predicted molar refractivity (Wildman–Crippen MR) is 83.4 cm³/mol.